The third-order valence-corrected chi connectivity index (χ3v) is 26.0. The highest BCUT2D eigenvalue weighted by molar-refractivity contribution is 6.75. The molecule has 0 N–H and O–H groups in total. The van der Waals surface area contributed by atoms with Crippen LogP contribution >= 0.6 is 0 Å². The van der Waals surface area contributed by atoms with E-state index in [1.165, 1.54) is 5.57 Å². The van der Waals surface area contributed by atoms with E-state index in [0.29, 0.717) is 5.92 Å². The molecular formula is C33H66O4Si3. The zero-order valence-electron chi connectivity index (χ0n) is 29.9. The van der Waals surface area contributed by atoms with Crippen LogP contribution in [0.4, 0.5) is 0 Å². The van der Waals surface area contributed by atoms with Gasteiger partial charge >= 0.3 is 0 Å². The van der Waals surface area contributed by atoms with Crippen molar-refractivity contribution in [3.8, 4) is 0 Å². The molecule has 3 aliphatic rings. The van der Waals surface area contributed by atoms with Crippen molar-refractivity contribution in [2.24, 2.45) is 11.3 Å². The van der Waals surface area contributed by atoms with Crippen molar-refractivity contribution < 1.29 is 18.0 Å². The molecule has 6 atom stereocenters. The first kappa shape index (κ1) is 34.7. The fourth-order valence-corrected chi connectivity index (χ4v) is 10.6. The third-order valence-electron chi connectivity index (χ3n) is 12.5. The highest BCUT2D eigenvalue weighted by atomic mass is 28.4. The van der Waals surface area contributed by atoms with Gasteiger partial charge in [0.25, 0.3) is 0 Å². The Labute approximate surface area is 252 Å². The highest BCUT2D eigenvalue weighted by Gasteiger charge is 2.72. The lowest BCUT2D eigenvalue weighted by molar-refractivity contribution is -0.184. The summed E-state index contributed by atoms with van der Waals surface area (Å²) in [4.78, 5) is 0. The maximum atomic E-state index is 7.56. The van der Waals surface area contributed by atoms with Gasteiger partial charge < -0.3 is 18.0 Å². The van der Waals surface area contributed by atoms with E-state index in [1.807, 2.05) is 0 Å². The molecule has 7 heteroatoms. The molecule has 0 unspecified atom stereocenters. The molecule has 0 radical (unpaired) electrons. The molecular weight excluding hydrogens is 545 g/mol. The van der Waals surface area contributed by atoms with Crippen LogP contribution in [0.15, 0.2) is 11.6 Å². The maximum Gasteiger partial charge on any atom is 0.193 e. The van der Waals surface area contributed by atoms with Gasteiger partial charge in [-0.1, -0.05) is 75.3 Å². The molecule has 3 rings (SSSR count). The van der Waals surface area contributed by atoms with E-state index in [0.717, 1.165) is 12.8 Å². The molecule has 0 amide bonds. The molecule has 1 saturated heterocycles. The fraction of sp³-hybridized carbons (Fsp3) is 0.939. The molecule has 40 heavy (non-hydrogen) atoms. The van der Waals surface area contributed by atoms with Gasteiger partial charge in [0, 0.05) is 11.3 Å². The van der Waals surface area contributed by atoms with Crippen molar-refractivity contribution in [1.29, 1.82) is 0 Å². The Morgan fingerprint density at radius 2 is 1.12 bits per heavy atom. The lowest BCUT2D eigenvalue weighted by Crippen LogP contribution is -2.68. The van der Waals surface area contributed by atoms with E-state index in [1.54, 1.807) is 0 Å². The van der Waals surface area contributed by atoms with Gasteiger partial charge in [-0.3, -0.25) is 0 Å². The second-order valence-electron chi connectivity index (χ2n) is 18.9. The SMILES string of the molecule is CC1=C[C@H](O[Si](C)(C)C(C)(C)C)[C@H](O[Si](C)(C)C(C)(C)C)[C@@]2(C)C[C@@H](O[Si](C)(C)C(C)(C)C)[C@@H]3C[C@]12OC3(C)C. The van der Waals surface area contributed by atoms with Gasteiger partial charge in [0.1, 0.15) is 0 Å². The van der Waals surface area contributed by atoms with E-state index >= 15 is 0 Å². The van der Waals surface area contributed by atoms with Gasteiger partial charge in [-0.2, -0.15) is 0 Å². The molecule has 1 aliphatic heterocycles. The summed E-state index contributed by atoms with van der Waals surface area (Å²) in [7, 11) is -6.24. The number of hydrogen-bond donors (Lipinski definition) is 0. The number of ether oxygens (including phenoxy) is 1. The zero-order chi connectivity index (χ0) is 31.3. The Morgan fingerprint density at radius 1 is 0.700 bits per heavy atom. The van der Waals surface area contributed by atoms with Crippen LogP contribution in [0.2, 0.25) is 54.4 Å². The van der Waals surface area contributed by atoms with Crippen LogP contribution in [0, 0.1) is 11.3 Å². The predicted octanol–water partition coefficient (Wildman–Crippen LogP) is 10.1. The van der Waals surface area contributed by atoms with Crippen molar-refractivity contribution in [3.63, 3.8) is 0 Å². The summed E-state index contributed by atoms with van der Waals surface area (Å²) >= 11 is 0. The Balaban J connectivity index is 2.22. The first-order valence-corrected chi connectivity index (χ1v) is 24.6. The van der Waals surface area contributed by atoms with Crippen LogP contribution in [-0.2, 0) is 18.0 Å². The Morgan fingerprint density at radius 3 is 1.57 bits per heavy atom. The predicted molar refractivity (Wildman–Crippen MR) is 179 cm³/mol. The summed E-state index contributed by atoms with van der Waals surface area (Å²) < 4.78 is 29.6. The van der Waals surface area contributed by atoms with Gasteiger partial charge in [0.2, 0.25) is 0 Å². The molecule has 0 aromatic carbocycles. The lowest BCUT2D eigenvalue weighted by Gasteiger charge is -2.61. The minimum absolute atomic E-state index is 0.0911. The Bertz CT molecular complexity index is 995. The average molecular weight is 611 g/mol. The molecule has 2 fully saturated rings. The molecule has 1 heterocycles. The molecule has 1 saturated carbocycles. The molecule has 234 valence electrons. The Kier molecular flexibility index (Phi) is 8.56. The van der Waals surface area contributed by atoms with Crippen LogP contribution in [-0.4, -0.2) is 54.5 Å². The van der Waals surface area contributed by atoms with E-state index in [-0.39, 0.29) is 50.0 Å². The first-order valence-electron chi connectivity index (χ1n) is 15.9. The van der Waals surface area contributed by atoms with Gasteiger partial charge in [0.05, 0.1) is 29.5 Å². The summed E-state index contributed by atoms with van der Waals surface area (Å²) in [5.74, 6) is 0.351. The van der Waals surface area contributed by atoms with Gasteiger partial charge in [-0.15, -0.1) is 0 Å². The van der Waals surface area contributed by atoms with E-state index in [9.17, 15) is 0 Å². The number of fused-ring (bicyclic) bond motifs is 1. The standard InChI is InChI=1S/C33H66O4Si3/c1-23-20-25(34-38(14,15)28(2,3)4)27(36-40(18,19)30(8,9)10)32(13)22-26(35-39(16,17)29(5,6)7)24-21-33(23,32)37-31(24,11)12/h20,24-27H,21-22H2,1-19H3/t24-,25-,26+,27-,32+,33-/m0/s1. The average Bonchev–Trinajstić information content (AvgIpc) is 2.96. The fourth-order valence-electron chi connectivity index (χ4n) is 6.63. The van der Waals surface area contributed by atoms with Gasteiger partial charge in [-0.25, -0.2) is 0 Å². The summed E-state index contributed by atoms with van der Waals surface area (Å²) in [6, 6.07) is 0. The van der Waals surface area contributed by atoms with Gasteiger partial charge in [0.15, 0.2) is 25.0 Å². The maximum absolute atomic E-state index is 7.56. The normalized spacial score (nSPS) is 35.4. The van der Waals surface area contributed by atoms with Crippen LogP contribution in [0.5, 0.6) is 0 Å². The van der Waals surface area contributed by atoms with Crippen LogP contribution in [0.3, 0.4) is 0 Å². The molecule has 2 aliphatic carbocycles. The highest BCUT2D eigenvalue weighted by Crippen LogP contribution is 2.67. The van der Waals surface area contributed by atoms with Gasteiger partial charge in [-0.05, 0) is 93.6 Å². The van der Waals surface area contributed by atoms with E-state index < -0.39 is 25.0 Å². The van der Waals surface area contributed by atoms with Crippen LogP contribution in [0.25, 0.3) is 0 Å². The minimum atomic E-state index is -2.15. The number of rotatable bonds is 6. The van der Waals surface area contributed by atoms with E-state index in [4.69, 9.17) is 18.0 Å². The summed E-state index contributed by atoms with van der Waals surface area (Å²) in [6.45, 7) is 44.8. The van der Waals surface area contributed by atoms with Crippen molar-refractivity contribution in [1.82, 2.24) is 0 Å². The largest absolute Gasteiger partial charge is 0.414 e. The van der Waals surface area contributed by atoms with Crippen LogP contribution in [0.1, 0.15) is 103 Å². The molecule has 0 aromatic heterocycles. The topological polar surface area (TPSA) is 36.9 Å². The second kappa shape index (κ2) is 9.87. The van der Waals surface area contributed by atoms with Crippen LogP contribution < -0.4 is 0 Å². The minimum Gasteiger partial charge on any atom is -0.414 e. The molecule has 0 aromatic rings. The Hall–Kier alpha value is 0.231. The molecule has 2 bridgehead atoms. The third kappa shape index (κ3) is 5.61. The van der Waals surface area contributed by atoms with Crippen molar-refractivity contribution >= 4 is 25.0 Å². The lowest BCUT2D eigenvalue weighted by atomic mass is 9.53. The number of hydrogen-bond acceptors (Lipinski definition) is 4. The van der Waals surface area contributed by atoms with E-state index in [2.05, 4.69) is 135 Å². The summed E-state index contributed by atoms with van der Waals surface area (Å²) in [5, 5.41) is 0.363. The second-order valence-corrected chi connectivity index (χ2v) is 33.1. The van der Waals surface area contributed by atoms with Crippen molar-refractivity contribution in [3.05, 3.63) is 11.6 Å². The summed E-state index contributed by atoms with van der Waals surface area (Å²) in [5.41, 5.74) is 0.421. The zero-order valence-corrected chi connectivity index (χ0v) is 32.9. The quantitative estimate of drug-likeness (QED) is 0.221. The van der Waals surface area contributed by atoms with Crippen molar-refractivity contribution in [2.45, 2.75) is 187 Å². The first-order chi connectivity index (χ1) is 17.4. The monoisotopic (exact) mass is 610 g/mol. The smallest absolute Gasteiger partial charge is 0.193 e. The molecule has 1 spiro atoms. The summed E-state index contributed by atoms with van der Waals surface area (Å²) in [6.07, 6.45) is 4.29. The van der Waals surface area contributed by atoms with Crippen molar-refractivity contribution in [2.75, 3.05) is 0 Å². The molecule has 4 nitrogen and oxygen atoms in total.